The van der Waals surface area contributed by atoms with E-state index in [2.05, 4.69) is 10.2 Å². The molecule has 47 heavy (non-hydrogen) atoms. The number of thioether (sulfide) groups is 1. The third-order valence-corrected chi connectivity index (χ3v) is 10.3. The summed E-state index contributed by atoms with van der Waals surface area (Å²) in [4.78, 5) is 46.1. The number of benzene rings is 4. The molecule has 0 bridgehead atoms. The van der Waals surface area contributed by atoms with E-state index >= 15 is 0 Å². The van der Waals surface area contributed by atoms with Gasteiger partial charge in [-0.15, -0.1) is 10.2 Å². The van der Waals surface area contributed by atoms with E-state index in [0.29, 0.717) is 15.8 Å². The summed E-state index contributed by atoms with van der Waals surface area (Å²) in [6.45, 7) is -0.204. The molecule has 0 fully saturated rings. The Labute approximate surface area is 272 Å². The first-order valence-corrected chi connectivity index (χ1v) is 16.0. The Morgan fingerprint density at radius 3 is 2.40 bits per heavy atom. The molecule has 2 amide bonds. The number of fused-ring (bicyclic) bond motifs is 5. The van der Waals surface area contributed by atoms with E-state index in [1.807, 2.05) is 0 Å². The maximum absolute atomic E-state index is 15.0. The molecule has 0 saturated carbocycles. The van der Waals surface area contributed by atoms with Crippen LogP contribution in [0.25, 0.3) is 11.0 Å². The first kappa shape index (κ1) is 29.2. The number of nitrogens with zero attached hydrogens (tertiary/aromatic N) is 4. The fourth-order valence-electron chi connectivity index (χ4n) is 6.17. The zero-order chi connectivity index (χ0) is 32.4. The molecule has 1 atom stereocenters. The number of hydrogen-bond acceptors (Lipinski definition) is 8. The summed E-state index contributed by atoms with van der Waals surface area (Å²) in [5.41, 5.74) is -1.54. The quantitative estimate of drug-likeness (QED) is 0.142. The van der Waals surface area contributed by atoms with E-state index in [4.69, 9.17) is 4.42 Å². The average Bonchev–Trinajstić information content (AvgIpc) is 3.71. The van der Waals surface area contributed by atoms with Crippen molar-refractivity contribution in [2.45, 2.75) is 22.2 Å². The van der Waals surface area contributed by atoms with Crippen LogP contribution in [0.2, 0.25) is 0 Å². The SMILES string of the molecule is O=C1c2oc3ccc(F)cc3c(=O)c2C2(C(=O)N(Cc3ccccc3F)c3ccccc32)N1c1nnc(SCc2ccc(F)cc2)s1. The summed E-state index contributed by atoms with van der Waals surface area (Å²) >= 11 is 2.31. The number of para-hydroxylation sites is 1. The van der Waals surface area contributed by atoms with Gasteiger partial charge in [0.2, 0.25) is 10.9 Å². The Balaban J connectivity index is 1.32. The Morgan fingerprint density at radius 2 is 1.60 bits per heavy atom. The van der Waals surface area contributed by atoms with Gasteiger partial charge in [0.25, 0.3) is 11.8 Å². The molecule has 4 heterocycles. The van der Waals surface area contributed by atoms with Gasteiger partial charge in [0, 0.05) is 16.9 Å². The molecular formula is C34H19F3N4O4S2. The lowest BCUT2D eigenvalue weighted by atomic mass is 9.84. The molecule has 1 spiro atoms. The van der Waals surface area contributed by atoms with Gasteiger partial charge in [0.05, 0.1) is 23.2 Å². The van der Waals surface area contributed by atoms with Gasteiger partial charge in [-0.3, -0.25) is 19.3 Å². The smallest absolute Gasteiger partial charge is 0.297 e. The van der Waals surface area contributed by atoms with E-state index < -0.39 is 34.4 Å². The van der Waals surface area contributed by atoms with E-state index in [0.717, 1.165) is 33.9 Å². The van der Waals surface area contributed by atoms with Crippen LogP contribution in [0, 0.1) is 17.5 Å². The molecule has 0 aliphatic carbocycles. The van der Waals surface area contributed by atoms with Crippen LogP contribution in [0.3, 0.4) is 0 Å². The number of hydrogen-bond donors (Lipinski definition) is 0. The largest absolute Gasteiger partial charge is 0.450 e. The molecule has 0 radical (unpaired) electrons. The highest BCUT2D eigenvalue weighted by molar-refractivity contribution is 8.00. The van der Waals surface area contributed by atoms with Crippen molar-refractivity contribution in [1.29, 1.82) is 0 Å². The van der Waals surface area contributed by atoms with Crippen LogP contribution in [-0.2, 0) is 22.6 Å². The fourth-order valence-corrected chi connectivity index (χ4v) is 8.01. The zero-order valence-electron chi connectivity index (χ0n) is 23.9. The van der Waals surface area contributed by atoms with Crippen molar-refractivity contribution >= 4 is 56.7 Å². The molecule has 8 nitrogen and oxygen atoms in total. The summed E-state index contributed by atoms with van der Waals surface area (Å²) < 4.78 is 49.2. The van der Waals surface area contributed by atoms with Gasteiger partial charge in [-0.05, 0) is 48.0 Å². The van der Waals surface area contributed by atoms with Crippen LogP contribution in [0.5, 0.6) is 0 Å². The molecule has 0 N–H and O–H groups in total. The maximum atomic E-state index is 15.0. The summed E-state index contributed by atoms with van der Waals surface area (Å²) in [7, 11) is 0. The second-order valence-corrected chi connectivity index (χ2v) is 13.1. The van der Waals surface area contributed by atoms with Crippen molar-refractivity contribution in [3.05, 3.63) is 147 Å². The lowest BCUT2D eigenvalue weighted by Crippen LogP contribution is -2.53. The first-order chi connectivity index (χ1) is 22.8. The third-order valence-electron chi connectivity index (χ3n) is 8.24. The van der Waals surface area contributed by atoms with E-state index in [9.17, 15) is 27.6 Å². The van der Waals surface area contributed by atoms with Crippen LogP contribution in [0.4, 0.5) is 24.0 Å². The molecule has 4 aromatic carbocycles. The first-order valence-electron chi connectivity index (χ1n) is 14.2. The minimum Gasteiger partial charge on any atom is -0.450 e. The van der Waals surface area contributed by atoms with Gasteiger partial charge in [-0.1, -0.05) is 71.6 Å². The van der Waals surface area contributed by atoms with Gasteiger partial charge in [-0.2, -0.15) is 0 Å². The van der Waals surface area contributed by atoms with Crippen molar-refractivity contribution in [2.24, 2.45) is 0 Å². The second kappa shape index (κ2) is 10.9. The number of amides is 2. The molecule has 232 valence electrons. The molecule has 8 rings (SSSR count). The van der Waals surface area contributed by atoms with Crippen molar-refractivity contribution < 1.29 is 27.2 Å². The van der Waals surface area contributed by atoms with Gasteiger partial charge in [0.1, 0.15) is 23.0 Å². The predicted octanol–water partition coefficient (Wildman–Crippen LogP) is 6.80. The molecular weight excluding hydrogens is 650 g/mol. The van der Waals surface area contributed by atoms with E-state index in [-0.39, 0.29) is 50.9 Å². The molecule has 6 aromatic rings. The van der Waals surface area contributed by atoms with Crippen LogP contribution in [0.1, 0.15) is 32.8 Å². The second-order valence-electron chi connectivity index (χ2n) is 10.9. The molecule has 2 aliphatic heterocycles. The van der Waals surface area contributed by atoms with Crippen molar-refractivity contribution in [3.8, 4) is 0 Å². The number of carbonyl (C=O) groups excluding carboxylic acids is 2. The molecule has 2 aromatic heterocycles. The third kappa shape index (κ3) is 4.41. The van der Waals surface area contributed by atoms with Gasteiger partial charge in [-0.25, -0.2) is 13.2 Å². The highest BCUT2D eigenvalue weighted by atomic mass is 32.2. The highest BCUT2D eigenvalue weighted by Gasteiger charge is 2.66. The van der Waals surface area contributed by atoms with E-state index in [1.54, 1.807) is 48.5 Å². The molecule has 0 saturated heterocycles. The van der Waals surface area contributed by atoms with Crippen LogP contribution in [-0.4, -0.2) is 22.0 Å². The average molecular weight is 669 g/mol. The molecule has 13 heteroatoms. The Bertz CT molecular complexity index is 2330. The summed E-state index contributed by atoms with van der Waals surface area (Å²) in [6, 6.07) is 21.9. The maximum Gasteiger partial charge on any atom is 0.297 e. The van der Waals surface area contributed by atoms with Crippen LogP contribution < -0.4 is 15.2 Å². The van der Waals surface area contributed by atoms with Gasteiger partial charge in [0.15, 0.2) is 15.3 Å². The van der Waals surface area contributed by atoms with Gasteiger partial charge < -0.3 is 9.32 Å². The standard InChI is InChI=1S/C34H19F3N4O4S2/c35-20-11-9-18(10-12-20)17-46-33-39-38-32(47-33)41-30(43)29-27(28(42)22-15-21(36)13-14-26(22)45-29)34(41)23-6-2-4-8-25(23)40(31(34)44)16-19-5-1-3-7-24(19)37/h1-15H,16-17H2. The Kier molecular flexibility index (Phi) is 6.77. The summed E-state index contributed by atoms with van der Waals surface area (Å²) in [6.07, 6.45) is 0. The Morgan fingerprint density at radius 1 is 0.851 bits per heavy atom. The molecule has 2 aliphatic rings. The number of aromatic nitrogens is 2. The van der Waals surface area contributed by atoms with Crippen LogP contribution in [0.15, 0.2) is 105 Å². The lowest BCUT2D eigenvalue weighted by Gasteiger charge is -2.32. The Hall–Kier alpha value is -5.27. The topological polar surface area (TPSA) is 96.6 Å². The minimum absolute atomic E-state index is 0.00791. The number of halogens is 3. The lowest BCUT2D eigenvalue weighted by molar-refractivity contribution is -0.121. The van der Waals surface area contributed by atoms with Crippen LogP contribution >= 0.6 is 23.1 Å². The van der Waals surface area contributed by atoms with Crippen molar-refractivity contribution in [2.75, 3.05) is 9.80 Å². The minimum atomic E-state index is -2.12. The van der Waals surface area contributed by atoms with Gasteiger partial charge >= 0.3 is 0 Å². The summed E-state index contributed by atoms with van der Waals surface area (Å²) in [5, 5.41) is 8.38. The highest BCUT2D eigenvalue weighted by Crippen LogP contribution is 2.55. The van der Waals surface area contributed by atoms with E-state index in [1.165, 1.54) is 47.0 Å². The normalized spacial score (nSPS) is 16.8. The fraction of sp³-hybridized carbons (Fsp3) is 0.0882. The predicted molar refractivity (Wildman–Crippen MR) is 170 cm³/mol. The van der Waals surface area contributed by atoms with Crippen molar-refractivity contribution in [1.82, 2.24) is 10.2 Å². The molecule has 1 unspecified atom stereocenters. The summed E-state index contributed by atoms with van der Waals surface area (Å²) in [5.74, 6) is -3.10. The number of carbonyl (C=O) groups is 2. The zero-order valence-corrected chi connectivity index (χ0v) is 25.6. The number of rotatable bonds is 6. The van der Waals surface area contributed by atoms with Crippen molar-refractivity contribution in [3.63, 3.8) is 0 Å². The monoisotopic (exact) mass is 668 g/mol. The number of anilines is 2.